The molecule has 0 unspecified atom stereocenters. The lowest BCUT2D eigenvalue weighted by Gasteiger charge is -2.05. The van der Waals surface area contributed by atoms with Crippen molar-refractivity contribution in [3.05, 3.63) is 72.0 Å². The molecule has 1 amide bonds. The summed E-state index contributed by atoms with van der Waals surface area (Å²) >= 11 is 1.38. The van der Waals surface area contributed by atoms with Crippen molar-refractivity contribution < 1.29 is 9.53 Å². The Balaban J connectivity index is 1.41. The first kappa shape index (κ1) is 18.8. The second kappa shape index (κ2) is 8.66. The van der Waals surface area contributed by atoms with Gasteiger partial charge in [-0.2, -0.15) is 5.10 Å². The van der Waals surface area contributed by atoms with Crippen LogP contribution >= 0.6 is 11.3 Å². The van der Waals surface area contributed by atoms with Gasteiger partial charge in [0.15, 0.2) is 10.9 Å². The maximum atomic E-state index is 12.5. The summed E-state index contributed by atoms with van der Waals surface area (Å²) in [5, 5.41) is 9.39. The monoisotopic (exact) mass is 405 g/mol. The van der Waals surface area contributed by atoms with E-state index in [-0.39, 0.29) is 5.91 Å². The number of amides is 1. The predicted octanol–water partition coefficient (Wildman–Crippen LogP) is 4.43. The summed E-state index contributed by atoms with van der Waals surface area (Å²) in [6.07, 6.45) is 5.96. The Kier molecular flexibility index (Phi) is 5.62. The van der Waals surface area contributed by atoms with Crippen molar-refractivity contribution in [3.63, 3.8) is 0 Å². The largest absolute Gasteiger partial charge is 0.494 e. The summed E-state index contributed by atoms with van der Waals surface area (Å²) < 4.78 is 7.23. The summed E-state index contributed by atoms with van der Waals surface area (Å²) in [5.41, 5.74) is 2.23. The number of carbonyl (C=O) groups excluding carboxylic acids is 1. The third-order valence-corrected chi connectivity index (χ3v) is 4.85. The van der Waals surface area contributed by atoms with Gasteiger partial charge in [0.1, 0.15) is 5.75 Å². The van der Waals surface area contributed by atoms with Gasteiger partial charge in [-0.15, -0.1) is 11.3 Å². The van der Waals surface area contributed by atoms with Crippen LogP contribution in [0.5, 0.6) is 5.75 Å². The Bertz CT molecular complexity index is 1070. The van der Waals surface area contributed by atoms with Crippen LogP contribution in [0.3, 0.4) is 0 Å². The first-order valence-electron chi connectivity index (χ1n) is 9.19. The Labute approximate surface area is 172 Å². The molecule has 0 aliphatic heterocycles. The normalized spacial score (nSPS) is 10.7. The van der Waals surface area contributed by atoms with E-state index >= 15 is 0 Å². The number of thiazole rings is 1. The first-order valence-corrected chi connectivity index (χ1v) is 10.1. The molecule has 0 aliphatic rings. The Hall–Kier alpha value is -3.52. The SMILES string of the molecule is CCCOc1ccc(-c2csc(NC(=O)c3ccc(-n4cccn4)nc3)n2)cc1. The molecule has 0 saturated carbocycles. The fourth-order valence-corrected chi connectivity index (χ4v) is 3.35. The Morgan fingerprint density at radius 2 is 2.07 bits per heavy atom. The molecule has 8 heteroatoms. The molecule has 0 spiro atoms. The van der Waals surface area contributed by atoms with Gasteiger partial charge in [0.25, 0.3) is 5.91 Å². The van der Waals surface area contributed by atoms with E-state index in [0.29, 0.717) is 23.1 Å². The summed E-state index contributed by atoms with van der Waals surface area (Å²) in [7, 11) is 0. The van der Waals surface area contributed by atoms with Crippen LogP contribution in [0, 0.1) is 0 Å². The van der Waals surface area contributed by atoms with Gasteiger partial charge in [-0.1, -0.05) is 6.92 Å². The molecular formula is C21H19N5O2S. The molecule has 1 N–H and O–H groups in total. The second-order valence-corrected chi connectivity index (χ2v) is 7.08. The van der Waals surface area contributed by atoms with Crippen LogP contribution in [0.1, 0.15) is 23.7 Å². The lowest BCUT2D eigenvalue weighted by Crippen LogP contribution is -2.12. The van der Waals surface area contributed by atoms with E-state index in [2.05, 4.69) is 27.3 Å². The molecule has 3 heterocycles. The maximum Gasteiger partial charge on any atom is 0.259 e. The van der Waals surface area contributed by atoms with Crippen LogP contribution < -0.4 is 10.1 Å². The molecule has 0 aliphatic carbocycles. The van der Waals surface area contributed by atoms with E-state index < -0.39 is 0 Å². The number of rotatable bonds is 7. The van der Waals surface area contributed by atoms with Crippen LogP contribution in [0.15, 0.2) is 66.4 Å². The van der Waals surface area contributed by atoms with Gasteiger partial charge in [-0.3, -0.25) is 10.1 Å². The zero-order valence-corrected chi connectivity index (χ0v) is 16.6. The number of carbonyl (C=O) groups is 1. The average molecular weight is 405 g/mol. The van der Waals surface area contributed by atoms with E-state index in [1.807, 2.05) is 35.7 Å². The Morgan fingerprint density at radius 3 is 2.76 bits per heavy atom. The fraction of sp³-hybridized carbons (Fsp3) is 0.143. The van der Waals surface area contributed by atoms with Crippen LogP contribution in [0.25, 0.3) is 17.1 Å². The van der Waals surface area contributed by atoms with E-state index in [9.17, 15) is 4.79 Å². The molecule has 0 fully saturated rings. The molecule has 3 aromatic heterocycles. The second-order valence-electron chi connectivity index (χ2n) is 6.22. The first-order chi connectivity index (χ1) is 14.2. The lowest BCUT2D eigenvalue weighted by molar-refractivity contribution is 0.102. The van der Waals surface area contributed by atoms with E-state index in [1.165, 1.54) is 17.5 Å². The molecule has 7 nitrogen and oxygen atoms in total. The number of nitrogens with one attached hydrogen (secondary N) is 1. The van der Waals surface area contributed by atoms with Crippen molar-refractivity contribution in [2.24, 2.45) is 0 Å². The van der Waals surface area contributed by atoms with Gasteiger partial charge >= 0.3 is 0 Å². The predicted molar refractivity (Wildman–Crippen MR) is 113 cm³/mol. The number of ether oxygens (including phenoxy) is 1. The third kappa shape index (κ3) is 4.49. The van der Waals surface area contributed by atoms with Gasteiger partial charge < -0.3 is 4.74 Å². The van der Waals surface area contributed by atoms with Crippen LogP contribution in [0.2, 0.25) is 0 Å². The average Bonchev–Trinajstić information content (AvgIpc) is 3.45. The zero-order chi connectivity index (χ0) is 20.1. The van der Waals surface area contributed by atoms with Gasteiger partial charge in [0.2, 0.25) is 0 Å². The number of nitrogens with zero attached hydrogens (tertiary/aromatic N) is 4. The fourth-order valence-electron chi connectivity index (χ4n) is 2.64. The van der Waals surface area contributed by atoms with Crippen LogP contribution in [0.4, 0.5) is 5.13 Å². The molecule has 4 aromatic rings. The van der Waals surface area contributed by atoms with Crippen LogP contribution in [-0.4, -0.2) is 32.3 Å². The zero-order valence-electron chi connectivity index (χ0n) is 15.8. The highest BCUT2D eigenvalue weighted by atomic mass is 32.1. The smallest absolute Gasteiger partial charge is 0.259 e. The Morgan fingerprint density at radius 1 is 1.21 bits per heavy atom. The molecule has 0 radical (unpaired) electrons. The van der Waals surface area contributed by atoms with E-state index in [4.69, 9.17) is 4.74 Å². The lowest BCUT2D eigenvalue weighted by atomic mass is 10.2. The molecule has 0 saturated heterocycles. The molecule has 29 heavy (non-hydrogen) atoms. The molecule has 0 bridgehead atoms. The summed E-state index contributed by atoms with van der Waals surface area (Å²) in [4.78, 5) is 21.3. The maximum absolute atomic E-state index is 12.5. The highest BCUT2D eigenvalue weighted by Crippen LogP contribution is 2.27. The minimum Gasteiger partial charge on any atom is -0.494 e. The summed E-state index contributed by atoms with van der Waals surface area (Å²) in [6.45, 7) is 2.77. The molecular weight excluding hydrogens is 386 g/mol. The van der Waals surface area contributed by atoms with Gasteiger partial charge in [0, 0.05) is 29.5 Å². The molecule has 146 valence electrons. The van der Waals surface area contributed by atoms with Crippen molar-refractivity contribution >= 4 is 22.4 Å². The van der Waals surface area contributed by atoms with Crippen molar-refractivity contribution in [1.29, 1.82) is 0 Å². The van der Waals surface area contributed by atoms with Gasteiger partial charge in [-0.05, 0) is 48.9 Å². The highest BCUT2D eigenvalue weighted by molar-refractivity contribution is 7.14. The number of anilines is 1. The van der Waals surface area contributed by atoms with E-state index in [0.717, 1.165) is 23.4 Å². The number of pyridine rings is 1. The van der Waals surface area contributed by atoms with Crippen molar-refractivity contribution in [2.45, 2.75) is 13.3 Å². The van der Waals surface area contributed by atoms with E-state index in [1.54, 1.807) is 29.2 Å². The molecule has 0 atom stereocenters. The standard InChI is InChI=1S/C21H19N5O2S/c1-2-12-28-17-7-4-15(5-8-17)18-14-29-21(24-18)25-20(27)16-6-9-19(22-13-16)26-11-3-10-23-26/h3-11,13-14H,2,12H2,1H3,(H,24,25,27). The summed E-state index contributed by atoms with van der Waals surface area (Å²) in [6, 6.07) is 13.0. The summed E-state index contributed by atoms with van der Waals surface area (Å²) in [5.74, 6) is 1.23. The van der Waals surface area contributed by atoms with Crippen molar-refractivity contribution in [3.8, 4) is 22.8 Å². The number of hydrogen-bond donors (Lipinski definition) is 1. The van der Waals surface area contributed by atoms with Gasteiger partial charge in [-0.25, -0.2) is 14.6 Å². The van der Waals surface area contributed by atoms with Crippen LogP contribution in [-0.2, 0) is 0 Å². The molecule has 1 aromatic carbocycles. The number of hydrogen-bond acceptors (Lipinski definition) is 6. The van der Waals surface area contributed by atoms with Crippen molar-refractivity contribution in [2.75, 3.05) is 11.9 Å². The molecule has 4 rings (SSSR count). The number of benzene rings is 1. The highest BCUT2D eigenvalue weighted by Gasteiger charge is 2.11. The topological polar surface area (TPSA) is 81.9 Å². The minimum absolute atomic E-state index is 0.256. The van der Waals surface area contributed by atoms with Crippen molar-refractivity contribution in [1.82, 2.24) is 19.7 Å². The van der Waals surface area contributed by atoms with Gasteiger partial charge in [0.05, 0.1) is 17.9 Å². The third-order valence-electron chi connectivity index (χ3n) is 4.10. The number of aromatic nitrogens is 4. The quantitative estimate of drug-likeness (QED) is 0.492. The minimum atomic E-state index is -0.256.